The van der Waals surface area contributed by atoms with Crippen molar-refractivity contribution in [1.29, 1.82) is 0 Å². The van der Waals surface area contributed by atoms with E-state index >= 15 is 0 Å². The van der Waals surface area contributed by atoms with Crippen molar-refractivity contribution in [2.45, 2.75) is 57.2 Å². The Labute approximate surface area is 253 Å². The van der Waals surface area contributed by atoms with E-state index in [-0.39, 0.29) is 41.4 Å². The number of amides is 2. The number of benzene rings is 2. The highest BCUT2D eigenvalue weighted by Gasteiger charge is 2.35. The SMILES string of the molecule is CN1CCC(Nc2ccc(NC(=O)CCCc3ccc(Oc4ccnc(NC(=O)C5CC5)c4)c(F)c3)cc2C(F)(F)F)CC1. The van der Waals surface area contributed by atoms with Gasteiger partial charge in [-0.15, -0.1) is 0 Å². The number of ether oxygens (including phenoxy) is 1. The van der Waals surface area contributed by atoms with Crippen molar-refractivity contribution in [2.75, 3.05) is 36.1 Å². The van der Waals surface area contributed by atoms with Crippen molar-refractivity contribution < 1.29 is 31.9 Å². The number of alkyl halides is 3. The van der Waals surface area contributed by atoms with Crippen LogP contribution in [0.2, 0.25) is 0 Å². The van der Waals surface area contributed by atoms with Gasteiger partial charge in [-0.25, -0.2) is 9.37 Å². The number of carbonyl (C=O) groups excluding carboxylic acids is 2. The van der Waals surface area contributed by atoms with Crippen LogP contribution in [0.5, 0.6) is 11.5 Å². The van der Waals surface area contributed by atoms with Gasteiger partial charge in [0.25, 0.3) is 0 Å². The number of piperidine rings is 1. The molecule has 8 nitrogen and oxygen atoms in total. The predicted octanol–water partition coefficient (Wildman–Crippen LogP) is 6.85. The summed E-state index contributed by atoms with van der Waals surface area (Å²) in [5.41, 5.74) is -0.115. The van der Waals surface area contributed by atoms with Gasteiger partial charge in [-0.1, -0.05) is 6.07 Å². The van der Waals surface area contributed by atoms with Crippen molar-refractivity contribution in [3.8, 4) is 11.5 Å². The van der Waals surface area contributed by atoms with Gasteiger partial charge < -0.3 is 25.6 Å². The quantitative estimate of drug-likeness (QED) is 0.205. The molecule has 2 aliphatic rings. The lowest BCUT2D eigenvalue weighted by molar-refractivity contribution is -0.137. The summed E-state index contributed by atoms with van der Waals surface area (Å²) in [4.78, 5) is 30.7. The normalized spacial score (nSPS) is 15.9. The topological polar surface area (TPSA) is 95.6 Å². The Balaban J connectivity index is 1.11. The van der Waals surface area contributed by atoms with Gasteiger partial charge >= 0.3 is 6.18 Å². The number of anilines is 3. The molecule has 0 radical (unpaired) electrons. The van der Waals surface area contributed by atoms with Crippen molar-refractivity contribution in [1.82, 2.24) is 9.88 Å². The molecule has 2 fully saturated rings. The van der Waals surface area contributed by atoms with Crippen LogP contribution < -0.4 is 20.7 Å². The first-order chi connectivity index (χ1) is 21.0. The van der Waals surface area contributed by atoms with E-state index in [2.05, 4.69) is 25.8 Å². The molecule has 0 atom stereocenters. The average molecular weight is 614 g/mol. The van der Waals surface area contributed by atoms with Crippen molar-refractivity contribution in [2.24, 2.45) is 5.92 Å². The van der Waals surface area contributed by atoms with Gasteiger partial charge in [-0.2, -0.15) is 13.2 Å². The molecule has 3 aromatic rings. The highest BCUT2D eigenvalue weighted by molar-refractivity contribution is 5.93. The van der Waals surface area contributed by atoms with Crippen LogP contribution in [0.25, 0.3) is 0 Å². The molecule has 0 bridgehead atoms. The Bertz CT molecular complexity index is 1490. The Morgan fingerprint density at radius 2 is 1.77 bits per heavy atom. The smallest absolute Gasteiger partial charge is 0.418 e. The Morgan fingerprint density at radius 3 is 2.48 bits per heavy atom. The van der Waals surface area contributed by atoms with E-state index < -0.39 is 23.5 Å². The minimum atomic E-state index is -4.58. The van der Waals surface area contributed by atoms with E-state index in [1.54, 1.807) is 12.1 Å². The molecule has 0 spiro atoms. The highest BCUT2D eigenvalue weighted by Crippen LogP contribution is 2.37. The van der Waals surface area contributed by atoms with Crippen LogP contribution >= 0.6 is 0 Å². The molecule has 1 saturated heterocycles. The first-order valence-corrected chi connectivity index (χ1v) is 14.7. The minimum Gasteiger partial charge on any atom is -0.454 e. The number of hydrogen-bond acceptors (Lipinski definition) is 6. The van der Waals surface area contributed by atoms with Gasteiger partial charge in [0.1, 0.15) is 11.6 Å². The molecule has 44 heavy (non-hydrogen) atoms. The fourth-order valence-electron chi connectivity index (χ4n) is 5.06. The van der Waals surface area contributed by atoms with Crippen LogP contribution in [0, 0.1) is 11.7 Å². The van der Waals surface area contributed by atoms with Crippen LogP contribution in [0.3, 0.4) is 0 Å². The molecule has 12 heteroatoms. The molecule has 1 aliphatic carbocycles. The van der Waals surface area contributed by atoms with Crippen molar-refractivity contribution in [3.05, 3.63) is 71.7 Å². The second kappa shape index (κ2) is 13.6. The zero-order valence-electron chi connectivity index (χ0n) is 24.3. The van der Waals surface area contributed by atoms with Crippen LogP contribution in [-0.4, -0.2) is 47.9 Å². The second-order valence-corrected chi connectivity index (χ2v) is 11.4. The van der Waals surface area contributed by atoms with Crippen molar-refractivity contribution >= 4 is 29.0 Å². The van der Waals surface area contributed by atoms with Gasteiger partial charge in [0.15, 0.2) is 11.6 Å². The number of halogens is 4. The lowest BCUT2D eigenvalue weighted by Gasteiger charge is -2.31. The second-order valence-electron chi connectivity index (χ2n) is 11.4. The summed E-state index contributed by atoms with van der Waals surface area (Å²) >= 11 is 0. The summed E-state index contributed by atoms with van der Waals surface area (Å²) in [6.07, 6.45) is 0.878. The van der Waals surface area contributed by atoms with E-state index in [9.17, 15) is 27.2 Å². The van der Waals surface area contributed by atoms with Crippen LogP contribution in [0.15, 0.2) is 54.7 Å². The third-order valence-corrected chi connectivity index (χ3v) is 7.71. The maximum Gasteiger partial charge on any atom is 0.418 e. The van der Waals surface area contributed by atoms with E-state index in [1.165, 1.54) is 36.5 Å². The zero-order valence-corrected chi connectivity index (χ0v) is 24.3. The summed E-state index contributed by atoms with van der Waals surface area (Å²) in [5, 5.41) is 8.30. The number of rotatable bonds is 11. The molecule has 1 aliphatic heterocycles. The Hall–Kier alpha value is -4.19. The highest BCUT2D eigenvalue weighted by atomic mass is 19.4. The monoisotopic (exact) mass is 613 g/mol. The lowest BCUT2D eigenvalue weighted by Crippen LogP contribution is -2.37. The average Bonchev–Trinajstić information content (AvgIpc) is 3.82. The number of aromatic nitrogens is 1. The Kier molecular flexibility index (Phi) is 9.68. The largest absolute Gasteiger partial charge is 0.454 e. The summed E-state index contributed by atoms with van der Waals surface area (Å²) in [5.74, 6) is -0.483. The molecule has 234 valence electrons. The van der Waals surface area contributed by atoms with E-state index in [0.717, 1.165) is 44.8 Å². The molecule has 1 aromatic heterocycles. The molecule has 3 N–H and O–H groups in total. The maximum atomic E-state index is 14.8. The van der Waals surface area contributed by atoms with Gasteiger partial charge in [0, 0.05) is 42.0 Å². The maximum absolute atomic E-state index is 14.8. The number of likely N-dealkylation sites (tertiary alicyclic amines) is 1. The van der Waals surface area contributed by atoms with E-state index in [4.69, 9.17) is 4.74 Å². The summed E-state index contributed by atoms with van der Waals surface area (Å²) in [6.45, 7) is 1.62. The number of nitrogens with zero attached hydrogens (tertiary/aromatic N) is 2. The molecular formula is C32H35F4N5O3. The predicted molar refractivity (Wildman–Crippen MR) is 159 cm³/mol. The summed E-state index contributed by atoms with van der Waals surface area (Å²) < 4.78 is 61.9. The zero-order chi connectivity index (χ0) is 31.3. The lowest BCUT2D eigenvalue weighted by atomic mass is 10.0. The molecular weight excluding hydrogens is 578 g/mol. The van der Waals surface area contributed by atoms with Gasteiger partial charge in [-0.05, 0) is 101 Å². The van der Waals surface area contributed by atoms with Crippen LogP contribution in [0.4, 0.5) is 34.8 Å². The molecule has 2 aromatic carbocycles. The fourth-order valence-corrected chi connectivity index (χ4v) is 5.06. The van der Waals surface area contributed by atoms with Gasteiger partial charge in [-0.3, -0.25) is 9.59 Å². The van der Waals surface area contributed by atoms with Gasteiger partial charge in [0.2, 0.25) is 11.8 Å². The molecule has 5 rings (SSSR count). The molecule has 2 heterocycles. The number of pyridine rings is 1. The van der Waals surface area contributed by atoms with Crippen LogP contribution in [-0.2, 0) is 22.2 Å². The standard InChI is InChI=1S/C32H35F4N5O3/c1-41-15-12-22(13-16-41)38-27-9-8-23(18-25(27)32(34,35)36)39-30(42)4-2-3-20-5-10-28(26(33)17-20)44-24-11-14-37-29(19-24)40-31(43)21-6-7-21/h5,8-11,14,17-19,21-22,38H,2-4,6-7,12-13,15-16H2,1H3,(H,39,42)(H,37,40,43). The number of nitrogens with one attached hydrogen (secondary N) is 3. The van der Waals surface area contributed by atoms with Crippen molar-refractivity contribution in [3.63, 3.8) is 0 Å². The van der Waals surface area contributed by atoms with Crippen LogP contribution in [0.1, 0.15) is 49.7 Å². The Morgan fingerprint density at radius 1 is 1.00 bits per heavy atom. The van der Waals surface area contributed by atoms with E-state index in [1.807, 2.05) is 7.05 Å². The molecule has 0 unspecified atom stereocenters. The first kappa shape index (κ1) is 31.2. The number of aryl methyl sites for hydroxylation is 1. The molecule has 1 saturated carbocycles. The summed E-state index contributed by atoms with van der Waals surface area (Å²) in [7, 11) is 1.98. The number of hydrogen-bond donors (Lipinski definition) is 3. The summed E-state index contributed by atoms with van der Waals surface area (Å²) in [6, 6.07) is 11.3. The third kappa shape index (κ3) is 8.68. The number of carbonyl (C=O) groups is 2. The van der Waals surface area contributed by atoms with Gasteiger partial charge in [0.05, 0.1) is 5.56 Å². The molecule has 2 amide bonds. The fraction of sp³-hybridized carbons (Fsp3) is 0.406. The first-order valence-electron chi connectivity index (χ1n) is 14.7. The van der Waals surface area contributed by atoms with E-state index in [0.29, 0.717) is 30.0 Å². The minimum absolute atomic E-state index is 0.00391. The third-order valence-electron chi connectivity index (χ3n) is 7.71.